The lowest BCUT2D eigenvalue weighted by Crippen LogP contribution is -2.23. The topological polar surface area (TPSA) is 22.1 Å². The summed E-state index contributed by atoms with van der Waals surface area (Å²) in [6.45, 7) is 0. The number of ether oxygens (including phenoxy) is 1. The highest BCUT2D eigenvalue weighted by Crippen LogP contribution is 2.34. The SMILES string of the molecule is COc1nc(P(c2ccccc2)c2ccccc2)cc2ccccc12. The van der Waals surface area contributed by atoms with Gasteiger partial charge in [0.25, 0.3) is 0 Å². The molecule has 0 aliphatic carbocycles. The molecule has 0 fully saturated rings. The maximum atomic E-state index is 5.59. The van der Waals surface area contributed by atoms with Crippen LogP contribution in [0.25, 0.3) is 10.8 Å². The number of nitrogens with zero attached hydrogens (tertiary/aromatic N) is 1. The normalized spacial score (nSPS) is 11.0. The van der Waals surface area contributed by atoms with Gasteiger partial charge < -0.3 is 4.74 Å². The number of methoxy groups -OCH3 is 1. The highest BCUT2D eigenvalue weighted by molar-refractivity contribution is 7.79. The van der Waals surface area contributed by atoms with Gasteiger partial charge in [-0.2, -0.15) is 0 Å². The number of hydrogen-bond donors (Lipinski definition) is 0. The summed E-state index contributed by atoms with van der Waals surface area (Å²) in [5, 5.41) is 4.77. The van der Waals surface area contributed by atoms with E-state index >= 15 is 0 Å². The number of hydrogen-bond acceptors (Lipinski definition) is 2. The highest BCUT2D eigenvalue weighted by Gasteiger charge is 2.19. The van der Waals surface area contributed by atoms with Crippen LogP contribution in [0.15, 0.2) is 91.0 Å². The average Bonchev–Trinajstić information content (AvgIpc) is 2.69. The van der Waals surface area contributed by atoms with E-state index in [2.05, 4.69) is 84.9 Å². The van der Waals surface area contributed by atoms with Crippen LogP contribution < -0.4 is 20.8 Å². The van der Waals surface area contributed by atoms with Crippen molar-refractivity contribution in [3.05, 3.63) is 91.0 Å². The first-order valence-electron chi connectivity index (χ1n) is 8.21. The van der Waals surface area contributed by atoms with Crippen molar-refractivity contribution in [1.82, 2.24) is 4.98 Å². The molecule has 0 N–H and O–H groups in total. The molecular weight excluding hydrogens is 325 g/mol. The van der Waals surface area contributed by atoms with Gasteiger partial charge in [-0.15, -0.1) is 0 Å². The maximum absolute atomic E-state index is 5.59. The van der Waals surface area contributed by atoms with Gasteiger partial charge in [0, 0.05) is 13.3 Å². The third kappa shape index (κ3) is 3.14. The molecule has 3 heteroatoms. The number of pyridine rings is 1. The van der Waals surface area contributed by atoms with Gasteiger partial charge in [-0.05, 0) is 28.1 Å². The van der Waals surface area contributed by atoms with E-state index in [1.807, 2.05) is 6.07 Å². The third-order valence-corrected chi connectivity index (χ3v) is 6.46. The van der Waals surface area contributed by atoms with Crippen LogP contribution in [-0.2, 0) is 0 Å². The molecular formula is C22H18NOP. The summed E-state index contributed by atoms with van der Waals surface area (Å²) in [4.78, 5) is 4.88. The fourth-order valence-electron chi connectivity index (χ4n) is 2.99. The van der Waals surface area contributed by atoms with E-state index in [1.54, 1.807) is 7.11 Å². The molecule has 0 radical (unpaired) electrons. The van der Waals surface area contributed by atoms with Gasteiger partial charge in [0.15, 0.2) is 0 Å². The molecule has 3 aromatic carbocycles. The highest BCUT2D eigenvalue weighted by atomic mass is 31.1. The lowest BCUT2D eigenvalue weighted by Gasteiger charge is -2.19. The molecule has 0 atom stereocenters. The second-order valence-electron chi connectivity index (χ2n) is 5.72. The van der Waals surface area contributed by atoms with E-state index in [-0.39, 0.29) is 0 Å². The molecule has 0 aliphatic rings. The van der Waals surface area contributed by atoms with Crippen molar-refractivity contribution in [2.45, 2.75) is 0 Å². The number of rotatable bonds is 4. The molecule has 0 amide bonds. The van der Waals surface area contributed by atoms with E-state index in [4.69, 9.17) is 9.72 Å². The Kier molecular flexibility index (Phi) is 4.45. The summed E-state index contributed by atoms with van der Waals surface area (Å²) >= 11 is 0. The molecule has 2 nitrogen and oxygen atoms in total. The molecule has 25 heavy (non-hydrogen) atoms. The maximum Gasteiger partial charge on any atom is 0.221 e. The molecule has 4 rings (SSSR count). The number of fused-ring (bicyclic) bond motifs is 1. The second kappa shape index (κ2) is 7.04. The van der Waals surface area contributed by atoms with Crippen molar-refractivity contribution in [3.63, 3.8) is 0 Å². The molecule has 0 unspecified atom stereocenters. The lowest BCUT2D eigenvalue weighted by molar-refractivity contribution is 0.404. The van der Waals surface area contributed by atoms with Crippen LogP contribution in [0.1, 0.15) is 0 Å². The second-order valence-corrected chi connectivity index (χ2v) is 7.88. The van der Waals surface area contributed by atoms with Gasteiger partial charge in [0.1, 0.15) is 0 Å². The van der Waals surface area contributed by atoms with Crippen molar-refractivity contribution < 1.29 is 4.74 Å². The summed E-state index contributed by atoms with van der Waals surface area (Å²) in [5.74, 6) is 0.687. The van der Waals surface area contributed by atoms with E-state index in [9.17, 15) is 0 Å². The minimum absolute atomic E-state index is 0.687. The lowest BCUT2D eigenvalue weighted by atomic mass is 10.2. The van der Waals surface area contributed by atoms with Crippen molar-refractivity contribution in [2.75, 3.05) is 7.11 Å². The number of benzene rings is 3. The standard InChI is InChI=1S/C22H18NOP/c1-24-22-20-15-9-8-10-17(20)16-21(23-22)25(18-11-4-2-5-12-18)19-13-6-3-7-14-19/h2-16H,1H3. The Morgan fingerprint density at radius 1 is 0.720 bits per heavy atom. The zero-order valence-electron chi connectivity index (χ0n) is 14.0. The predicted octanol–water partition coefficient (Wildman–Crippen LogP) is 4.00. The summed E-state index contributed by atoms with van der Waals surface area (Å²) in [6.07, 6.45) is 0. The van der Waals surface area contributed by atoms with E-state index in [0.717, 1.165) is 16.2 Å². The number of aromatic nitrogens is 1. The largest absolute Gasteiger partial charge is 0.481 e. The molecule has 0 bridgehead atoms. The summed E-state index contributed by atoms with van der Waals surface area (Å²) in [6, 6.07) is 31.6. The Hall–Kier alpha value is -2.70. The molecule has 122 valence electrons. The van der Waals surface area contributed by atoms with Crippen LogP contribution in [0.3, 0.4) is 0 Å². The summed E-state index contributed by atoms with van der Waals surface area (Å²) in [7, 11) is 0.954. The van der Waals surface area contributed by atoms with E-state index < -0.39 is 7.92 Å². The van der Waals surface area contributed by atoms with Gasteiger partial charge in [-0.25, -0.2) is 4.98 Å². The third-order valence-electron chi connectivity index (χ3n) is 4.14. The van der Waals surface area contributed by atoms with E-state index in [1.165, 1.54) is 10.6 Å². The first-order valence-corrected chi connectivity index (χ1v) is 9.55. The molecule has 0 aliphatic heterocycles. The molecule has 4 aromatic rings. The molecule has 0 saturated carbocycles. The van der Waals surface area contributed by atoms with Gasteiger partial charge >= 0.3 is 0 Å². The van der Waals surface area contributed by atoms with Crippen LogP contribution >= 0.6 is 7.92 Å². The predicted molar refractivity (Wildman–Crippen MR) is 107 cm³/mol. The van der Waals surface area contributed by atoms with Crippen molar-refractivity contribution in [1.29, 1.82) is 0 Å². The molecule has 0 spiro atoms. The zero-order valence-corrected chi connectivity index (χ0v) is 14.9. The smallest absolute Gasteiger partial charge is 0.221 e. The first-order chi connectivity index (χ1) is 12.4. The Morgan fingerprint density at radius 2 is 1.28 bits per heavy atom. The summed E-state index contributed by atoms with van der Waals surface area (Å²) in [5.41, 5.74) is 1.06. The van der Waals surface area contributed by atoms with Gasteiger partial charge in [0.05, 0.1) is 12.5 Å². The van der Waals surface area contributed by atoms with Crippen LogP contribution in [0.5, 0.6) is 5.88 Å². The first kappa shape index (κ1) is 15.8. The quantitative estimate of drug-likeness (QED) is 0.523. The van der Waals surface area contributed by atoms with Crippen LogP contribution in [0.2, 0.25) is 0 Å². The minimum Gasteiger partial charge on any atom is -0.481 e. The van der Waals surface area contributed by atoms with Crippen LogP contribution in [0.4, 0.5) is 0 Å². The minimum atomic E-state index is -0.732. The molecule has 1 heterocycles. The molecule has 1 aromatic heterocycles. The zero-order chi connectivity index (χ0) is 17.1. The van der Waals surface area contributed by atoms with Gasteiger partial charge in [0.2, 0.25) is 5.88 Å². The average molecular weight is 343 g/mol. The van der Waals surface area contributed by atoms with Crippen molar-refractivity contribution in [2.24, 2.45) is 0 Å². The van der Waals surface area contributed by atoms with Gasteiger partial charge in [-0.1, -0.05) is 78.9 Å². The van der Waals surface area contributed by atoms with Crippen molar-refractivity contribution >= 4 is 34.7 Å². The van der Waals surface area contributed by atoms with Gasteiger partial charge in [-0.3, -0.25) is 0 Å². The van der Waals surface area contributed by atoms with Crippen molar-refractivity contribution in [3.8, 4) is 5.88 Å². The molecule has 0 saturated heterocycles. The van der Waals surface area contributed by atoms with E-state index in [0.29, 0.717) is 5.88 Å². The summed E-state index contributed by atoms with van der Waals surface area (Å²) < 4.78 is 5.59. The fourth-order valence-corrected chi connectivity index (χ4v) is 5.22. The Bertz CT molecular complexity index is 947. The fraction of sp³-hybridized carbons (Fsp3) is 0.0455. The monoisotopic (exact) mass is 343 g/mol. The Morgan fingerprint density at radius 3 is 1.88 bits per heavy atom. The van der Waals surface area contributed by atoms with Crippen LogP contribution in [-0.4, -0.2) is 12.1 Å². The Balaban J connectivity index is 1.95. The van der Waals surface area contributed by atoms with Crippen LogP contribution in [0, 0.1) is 0 Å². The Labute approximate surface area is 148 Å².